The van der Waals surface area contributed by atoms with Gasteiger partial charge in [-0.15, -0.1) is 0 Å². The summed E-state index contributed by atoms with van der Waals surface area (Å²) in [6.45, 7) is 0.313. The average Bonchev–Trinajstić information content (AvgIpc) is 2.69. The van der Waals surface area contributed by atoms with Crippen molar-refractivity contribution in [2.75, 3.05) is 16.3 Å². The molecular formula is C21H18F6N2O. The van der Waals surface area contributed by atoms with Gasteiger partial charge in [-0.1, -0.05) is 12.1 Å². The molecule has 0 unspecified atom stereocenters. The minimum atomic E-state index is -4.60. The standard InChI is InChI=1S/C21H18F6N2O/c22-20(23,24)14-5-3-4-13(10-14)12-29-18-11-15(21(25,26)27)7-8-16(18)28-9-2-1-6-17(28)19(29)30/h3-5,7-8,10-11,17H,1-2,6,9,12H2/t17-/m1/s1. The number of carbonyl (C=O) groups excluding carboxylic acids is 1. The van der Waals surface area contributed by atoms with Crippen LogP contribution in [-0.4, -0.2) is 18.5 Å². The number of rotatable bonds is 2. The van der Waals surface area contributed by atoms with Crippen molar-refractivity contribution in [1.29, 1.82) is 0 Å². The van der Waals surface area contributed by atoms with Crippen molar-refractivity contribution in [2.45, 2.75) is 44.2 Å². The number of hydrogen-bond acceptors (Lipinski definition) is 2. The van der Waals surface area contributed by atoms with Crippen LogP contribution in [0.4, 0.5) is 37.7 Å². The van der Waals surface area contributed by atoms with Crippen LogP contribution in [0.2, 0.25) is 0 Å². The lowest BCUT2D eigenvalue weighted by Crippen LogP contribution is -2.55. The third-order valence-electron chi connectivity index (χ3n) is 5.55. The molecule has 2 aliphatic rings. The molecule has 2 heterocycles. The molecule has 2 aliphatic heterocycles. The van der Waals surface area contributed by atoms with Crippen LogP contribution in [0.25, 0.3) is 0 Å². The molecule has 0 N–H and O–H groups in total. The van der Waals surface area contributed by atoms with E-state index in [0.29, 0.717) is 18.7 Å². The van der Waals surface area contributed by atoms with Gasteiger partial charge in [0.1, 0.15) is 6.04 Å². The Labute approximate surface area is 168 Å². The van der Waals surface area contributed by atoms with Crippen LogP contribution in [-0.2, 0) is 23.7 Å². The first-order valence-electron chi connectivity index (χ1n) is 9.51. The smallest absolute Gasteiger partial charge is 0.358 e. The second kappa shape index (κ2) is 7.21. The first-order valence-corrected chi connectivity index (χ1v) is 9.51. The number of halogens is 6. The normalized spacial score (nSPS) is 19.5. The fourth-order valence-corrected chi connectivity index (χ4v) is 4.13. The Morgan fingerprint density at radius 3 is 2.27 bits per heavy atom. The van der Waals surface area contributed by atoms with E-state index >= 15 is 0 Å². The Morgan fingerprint density at radius 1 is 0.867 bits per heavy atom. The summed E-state index contributed by atoms with van der Waals surface area (Å²) < 4.78 is 79.0. The van der Waals surface area contributed by atoms with E-state index in [2.05, 4.69) is 0 Å². The third kappa shape index (κ3) is 3.73. The summed E-state index contributed by atoms with van der Waals surface area (Å²) in [6, 6.07) is 7.22. The molecule has 9 heteroatoms. The summed E-state index contributed by atoms with van der Waals surface area (Å²) in [4.78, 5) is 16.1. The Balaban J connectivity index is 1.78. The lowest BCUT2D eigenvalue weighted by molar-refractivity contribution is -0.138. The quantitative estimate of drug-likeness (QED) is 0.579. The first-order chi connectivity index (χ1) is 14.1. The van der Waals surface area contributed by atoms with Crippen LogP contribution in [0.1, 0.15) is 36.0 Å². The second-order valence-electron chi connectivity index (χ2n) is 7.53. The van der Waals surface area contributed by atoms with Crippen molar-refractivity contribution in [3.8, 4) is 0 Å². The third-order valence-corrected chi connectivity index (χ3v) is 5.55. The zero-order valence-corrected chi connectivity index (χ0v) is 15.7. The van der Waals surface area contributed by atoms with Crippen molar-refractivity contribution in [3.05, 3.63) is 59.2 Å². The SMILES string of the molecule is O=C1[C@H]2CCCCN2c2ccc(C(F)(F)F)cc2N1Cc1cccc(C(F)(F)F)c1. The number of piperidine rings is 1. The van der Waals surface area contributed by atoms with E-state index in [4.69, 9.17) is 0 Å². The summed E-state index contributed by atoms with van der Waals surface area (Å²) in [5.74, 6) is -0.390. The molecule has 0 spiro atoms. The molecule has 0 radical (unpaired) electrons. The molecule has 0 aliphatic carbocycles. The molecule has 30 heavy (non-hydrogen) atoms. The highest BCUT2D eigenvalue weighted by Crippen LogP contribution is 2.43. The van der Waals surface area contributed by atoms with Crippen molar-refractivity contribution in [2.24, 2.45) is 0 Å². The Kier molecular flexibility index (Phi) is 4.94. The summed E-state index contributed by atoms with van der Waals surface area (Å²) in [5, 5.41) is 0. The molecule has 0 bridgehead atoms. The molecule has 4 rings (SSSR count). The molecule has 2 aromatic carbocycles. The minimum absolute atomic E-state index is 0.0744. The molecule has 1 amide bonds. The molecule has 3 nitrogen and oxygen atoms in total. The molecule has 0 aromatic heterocycles. The Morgan fingerprint density at radius 2 is 1.57 bits per heavy atom. The topological polar surface area (TPSA) is 23.6 Å². The van der Waals surface area contributed by atoms with Crippen molar-refractivity contribution < 1.29 is 31.1 Å². The predicted molar refractivity (Wildman–Crippen MR) is 99.1 cm³/mol. The number of fused-ring (bicyclic) bond motifs is 3. The van der Waals surface area contributed by atoms with Gasteiger partial charge in [0.05, 0.1) is 29.0 Å². The molecule has 0 saturated carbocycles. The van der Waals surface area contributed by atoms with Crippen LogP contribution in [0, 0.1) is 0 Å². The van der Waals surface area contributed by atoms with Crippen molar-refractivity contribution in [3.63, 3.8) is 0 Å². The highest BCUT2D eigenvalue weighted by Gasteiger charge is 2.41. The molecule has 2 aromatic rings. The number of alkyl halides is 6. The monoisotopic (exact) mass is 428 g/mol. The highest BCUT2D eigenvalue weighted by atomic mass is 19.4. The van der Waals surface area contributed by atoms with E-state index < -0.39 is 29.5 Å². The fourth-order valence-electron chi connectivity index (χ4n) is 4.13. The number of amides is 1. The molecule has 1 atom stereocenters. The largest absolute Gasteiger partial charge is 0.416 e. The van der Waals surface area contributed by atoms with E-state index in [0.717, 1.165) is 37.1 Å². The zero-order chi connectivity index (χ0) is 21.7. The summed E-state index contributed by atoms with van der Waals surface area (Å²) in [6.07, 6.45) is -6.97. The van der Waals surface area contributed by atoms with Crippen LogP contribution in [0.5, 0.6) is 0 Å². The number of carbonyl (C=O) groups is 1. The van der Waals surface area contributed by atoms with Crippen LogP contribution < -0.4 is 9.80 Å². The second-order valence-corrected chi connectivity index (χ2v) is 7.53. The zero-order valence-electron chi connectivity index (χ0n) is 15.7. The number of benzene rings is 2. The summed E-state index contributed by atoms with van der Waals surface area (Å²) in [7, 11) is 0. The minimum Gasteiger partial charge on any atom is -0.358 e. The number of hydrogen-bond donors (Lipinski definition) is 0. The van der Waals surface area contributed by atoms with E-state index in [1.54, 1.807) is 0 Å². The summed E-state index contributed by atoms with van der Waals surface area (Å²) in [5.41, 5.74) is -0.998. The van der Waals surface area contributed by atoms with Crippen molar-refractivity contribution in [1.82, 2.24) is 0 Å². The number of nitrogens with zero attached hydrogens (tertiary/aromatic N) is 2. The first kappa shape index (κ1) is 20.6. The lowest BCUT2D eigenvalue weighted by atomic mass is 9.95. The van der Waals surface area contributed by atoms with Gasteiger partial charge in [0.2, 0.25) is 5.91 Å². The Bertz CT molecular complexity index is 969. The van der Waals surface area contributed by atoms with Crippen molar-refractivity contribution >= 4 is 17.3 Å². The maximum Gasteiger partial charge on any atom is 0.416 e. The maximum absolute atomic E-state index is 13.3. The highest BCUT2D eigenvalue weighted by molar-refractivity contribution is 6.05. The number of anilines is 2. The lowest BCUT2D eigenvalue weighted by Gasteiger charge is -2.45. The van der Waals surface area contributed by atoms with Crippen LogP contribution >= 0.6 is 0 Å². The summed E-state index contributed by atoms with van der Waals surface area (Å²) >= 11 is 0. The van der Waals surface area contributed by atoms with Crippen LogP contribution in [0.15, 0.2) is 42.5 Å². The van der Waals surface area contributed by atoms with E-state index in [9.17, 15) is 31.1 Å². The van der Waals surface area contributed by atoms with E-state index in [1.165, 1.54) is 23.1 Å². The van der Waals surface area contributed by atoms with E-state index in [-0.39, 0.29) is 23.7 Å². The molecule has 1 saturated heterocycles. The molecule has 1 fully saturated rings. The van der Waals surface area contributed by atoms with Gasteiger partial charge in [-0.25, -0.2) is 0 Å². The maximum atomic E-state index is 13.3. The Hall–Kier alpha value is -2.71. The molecular weight excluding hydrogens is 410 g/mol. The van der Waals surface area contributed by atoms with Gasteiger partial charge in [0.25, 0.3) is 0 Å². The van der Waals surface area contributed by atoms with Gasteiger partial charge < -0.3 is 9.80 Å². The van der Waals surface area contributed by atoms with Gasteiger partial charge in [0.15, 0.2) is 0 Å². The van der Waals surface area contributed by atoms with Gasteiger partial charge in [-0.2, -0.15) is 26.3 Å². The van der Waals surface area contributed by atoms with Crippen LogP contribution in [0.3, 0.4) is 0 Å². The molecule has 160 valence electrons. The predicted octanol–water partition coefficient (Wildman–Crippen LogP) is 5.63. The van der Waals surface area contributed by atoms with E-state index in [1.807, 2.05) is 4.90 Å². The fraction of sp³-hybridized carbons (Fsp3) is 0.381. The average molecular weight is 428 g/mol. The van der Waals surface area contributed by atoms with Gasteiger partial charge >= 0.3 is 12.4 Å². The van der Waals surface area contributed by atoms with Gasteiger partial charge in [-0.05, 0) is 55.2 Å². The van der Waals surface area contributed by atoms with Gasteiger partial charge in [-0.3, -0.25) is 4.79 Å². The van der Waals surface area contributed by atoms with Gasteiger partial charge in [0, 0.05) is 6.54 Å².